The third-order valence-corrected chi connectivity index (χ3v) is 7.78. The Kier molecular flexibility index (Phi) is 7.48. The van der Waals surface area contributed by atoms with Crippen LogP contribution in [0.4, 0.5) is 0 Å². The second kappa shape index (κ2) is 10.3. The Labute approximate surface area is 183 Å². The van der Waals surface area contributed by atoms with Gasteiger partial charge < -0.3 is 15.5 Å². The zero-order chi connectivity index (χ0) is 20.8. The molecular formula is C26H42N4. The number of aromatic nitrogens is 2. The highest BCUT2D eigenvalue weighted by molar-refractivity contribution is 5.39. The highest BCUT2D eigenvalue weighted by Crippen LogP contribution is 2.38. The number of rotatable bonds is 5. The molecule has 2 heterocycles. The molecule has 3 N–H and O–H groups in total. The minimum atomic E-state index is 0.0649. The van der Waals surface area contributed by atoms with Crippen LogP contribution in [0.5, 0.6) is 0 Å². The number of nitrogens with zero attached hydrogens (tertiary/aromatic N) is 2. The minimum Gasteiger partial charge on any atom is -0.325 e. The van der Waals surface area contributed by atoms with Gasteiger partial charge in [-0.25, -0.2) is 4.98 Å². The normalized spacial score (nSPS) is 31.6. The van der Waals surface area contributed by atoms with E-state index >= 15 is 0 Å². The van der Waals surface area contributed by atoms with Crippen LogP contribution in [0.25, 0.3) is 5.65 Å². The summed E-state index contributed by atoms with van der Waals surface area (Å²) in [5, 5.41) is 3.86. The number of nitrogens with two attached hydrogens (primary N) is 1. The molecule has 2 aromatic rings. The zero-order valence-electron chi connectivity index (χ0n) is 19.0. The lowest BCUT2D eigenvalue weighted by atomic mass is 9.71. The van der Waals surface area contributed by atoms with E-state index < -0.39 is 0 Å². The van der Waals surface area contributed by atoms with Gasteiger partial charge >= 0.3 is 0 Å². The van der Waals surface area contributed by atoms with Crippen molar-refractivity contribution >= 4 is 5.65 Å². The van der Waals surface area contributed by atoms with Gasteiger partial charge in [0.1, 0.15) is 5.65 Å². The summed E-state index contributed by atoms with van der Waals surface area (Å²) >= 11 is 0. The smallest absolute Gasteiger partial charge is 0.136 e. The number of nitrogens with one attached hydrogen (secondary N) is 1. The van der Waals surface area contributed by atoms with E-state index in [4.69, 9.17) is 5.73 Å². The molecule has 0 bridgehead atoms. The summed E-state index contributed by atoms with van der Waals surface area (Å²) < 4.78 is 2.21. The van der Waals surface area contributed by atoms with Gasteiger partial charge in [-0.3, -0.25) is 0 Å². The molecule has 4 rings (SSSR count). The lowest BCUT2D eigenvalue weighted by Gasteiger charge is -2.37. The van der Waals surface area contributed by atoms with E-state index in [1.54, 1.807) is 0 Å². The van der Waals surface area contributed by atoms with Crippen molar-refractivity contribution in [3.05, 3.63) is 36.3 Å². The minimum absolute atomic E-state index is 0.0649. The van der Waals surface area contributed by atoms with Gasteiger partial charge in [0.25, 0.3) is 0 Å². The first-order valence-corrected chi connectivity index (χ1v) is 12.5. The van der Waals surface area contributed by atoms with E-state index in [1.165, 1.54) is 82.7 Å². The van der Waals surface area contributed by atoms with Crippen LogP contribution in [-0.4, -0.2) is 27.5 Å². The molecule has 0 amide bonds. The fourth-order valence-electron chi connectivity index (χ4n) is 6.11. The molecule has 0 radical (unpaired) electrons. The van der Waals surface area contributed by atoms with E-state index in [0.29, 0.717) is 6.04 Å². The van der Waals surface area contributed by atoms with Crippen molar-refractivity contribution in [1.82, 2.24) is 14.7 Å². The Morgan fingerprint density at radius 1 is 1.03 bits per heavy atom. The number of fused-ring (bicyclic) bond motifs is 1. The third kappa shape index (κ3) is 5.85. The van der Waals surface area contributed by atoms with Crippen LogP contribution in [0.2, 0.25) is 0 Å². The van der Waals surface area contributed by atoms with Crippen molar-refractivity contribution in [1.29, 1.82) is 0 Å². The average Bonchev–Trinajstić information content (AvgIpc) is 3.10. The fourth-order valence-corrected chi connectivity index (χ4v) is 6.11. The highest BCUT2D eigenvalue weighted by atomic mass is 15.0. The molecule has 30 heavy (non-hydrogen) atoms. The van der Waals surface area contributed by atoms with Crippen LogP contribution >= 0.6 is 0 Å². The quantitative estimate of drug-likeness (QED) is 0.685. The molecular weight excluding hydrogens is 368 g/mol. The first-order valence-electron chi connectivity index (χ1n) is 12.5. The largest absolute Gasteiger partial charge is 0.325 e. The van der Waals surface area contributed by atoms with Gasteiger partial charge in [-0.1, -0.05) is 57.4 Å². The molecule has 4 nitrogen and oxygen atoms in total. The first kappa shape index (κ1) is 21.8. The number of hydrogen-bond donors (Lipinski definition) is 2. The molecule has 0 aliphatic heterocycles. The molecule has 2 aliphatic carbocycles. The number of hydrogen-bond acceptors (Lipinski definition) is 3. The zero-order valence-corrected chi connectivity index (χ0v) is 19.0. The number of pyridine rings is 1. The summed E-state index contributed by atoms with van der Waals surface area (Å²) in [4.78, 5) is 4.51. The number of imidazole rings is 1. The van der Waals surface area contributed by atoms with Crippen molar-refractivity contribution in [3.8, 4) is 0 Å². The molecule has 0 saturated heterocycles. The standard InChI is InChI=1S/C26H42N4/c1-26(27)16-5-2-3-9-22(19-26)21-10-7-12-23(13-8-11-21)28-17-15-24-20-29-25-14-4-6-18-30(24)25/h4,6,14,18,20-23,28H,2-3,5,7-13,15-17,19,27H2,1H3. The van der Waals surface area contributed by atoms with E-state index in [0.717, 1.165) is 30.4 Å². The van der Waals surface area contributed by atoms with Gasteiger partial charge in [0, 0.05) is 42.6 Å². The van der Waals surface area contributed by atoms with Gasteiger partial charge in [0.15, 0.2) is 0 Å². The first-order chi connectivity index (χ1) is 14.6. The molecule has 166 valence electrons. The molecule has 4 heteroatoms. The second-order valence-electron chi connectivity index (χ2n) is 10.4. The SMILES string of the molecule is CC1(N)CCCCCC(C2CCCC(NCCc3cnc4ccccn34)CCC2)C1. The molecule has 2 aromatic heterocycles. The molecule has 0 aromatic carbocycles. The monoisotopic (exact) mass is 410 g/mol. The third-order valence-electron chi connectivity index (χ3n) is 7.78. The van der Waals surface area contributed by atoms with Gasteiger partial charge in [0.05, 0.1) is 0 Å². The van der Waals surface area contributed by atoms with Crippen LogP contribution < -0.4 is 11.1 Å². The molecule has 2 atom stereocenters. The van der Waals surface area contributed by atoms with Gasteiger partial charge in [-0.15, -0.1) is 0 Å². The van der Waals surface area contributed by atoms with E-state index in [-0.39, 0.29) is 5.54 Å². The molecule has 2 saturated carbocycles. The molecule has 2 aliphatic rings. The van der Waals surface area contributed by atoms with Crippen molar-refractivity contribution in [3.63, 3.8) is 0 Å². The van der Waals surface area contributed by atoms with Crippen LogP contribution in [-0.2, 0) is 6.42 Å². The van der Waals surface area contributed by atoms with E-state index in [9.17, 15) is 0 Å². The summed E-state index contributed by atoms with van der Waals surface area (Å²) in [6.45, 7) is 3.35. The van der Waals surface area contributed by atoms with Crippen molar-refractivity contribution < 1.29 is 0 Å². The van der Waals surface area contributed by atoms with Crippen LogP contribution in [0.15, 0.2) is 30.6 Å². The Morgan fingerprint density at radius 2 is 1.83 bits per heavy atom. The highest BCUT2D eigenvalue weighted by Gasteiger charge is 2.31. The lowest BCUT2D eigenvalue weighted by Crippen LogP contribution is -2.41. The fraction of sp³-hybridized carbons (Fsp3) is 0.731. The summed E-state index contributed by atoms with van der Waals surface area (Å²) in [6, 6.07) is 6.89. The second-order valence-corrected chi connectivity index (χ2v) is 10.4. The predicted molar refractivity (Wildman–Crippen MR) is 126 cm³/mol. The molecule has 2 fully saturated rings. The van der Waals surface area contributed by atoms with Gasteiger partial charge in [-0.2, -0.15) is 0 Å². The van der Waals surface area contributed by atoms with Gasteiger partial charge in [0.2, 0.25) is 0 Å². The maximum Gasteiger partial charge on any atom is 0.136 e. The topological polar surface area (TPSA) is 55.3 Å². The maximum absolute atomic E-state index is 6.65. The van der Waals surface area contributed by atoms with Crippen molar-refractivity contribution in [2.75, 3.05) is 6.54 Å². The summed E-state index contributed by atoms with van der Waals surface area (Å²) in [6.07, 6.45) is 21.4. The molecule has 0 spiro atoms. The predicted octanol–water partition coefficient (Wildman–Crippen LogP) is 5.49. The van der Waals surface area contributed by atoms with Crippen LogP contribution in [0, 0.1) is 11.8 Å². The maximum atomic E-state index is 6.65. The van der Waals surface area contributed by atoms with E-state index in [2.05, 4.69) is 46.0 Å². The summed E-state index contributed by atoms with van der Waals surface area (Å²) in [5.74, 6) is 1.77. The van der Waals surface area contributed by atoms with Crippen molar-refractivity contribution in [2.24, 2.45) is 17.6 Å². The average molecular weight is 411 g/mol. The molecule has 2 unspecified atom stereocenters. The van der Waals surface area contributed by atoms with Crippen molar-refractivity contribution in [2.45, 2.75) is 102 Å². The van der Waals surface area contributed by atoms with Crippen LogP contribution in [0.3, 0.4) is 0 Å². The Bertz CT molecular complexity index is 770. The Hall–Kier alpha value is -1.39. The summed E-state index contributed by atoms with van der Waals surface area (Å²) in [7, 11) is 0. The Morgan fingerprint density at radius 3 is 2.67 bits per heavy atom. The lowest BCUT2D eigenvalue weighted by molar-refractivity contribution is 0.174. The van der Waals surface area contributed by atoms with Crippen LogP contribution in [0.1, 0.15) is 89.7 Å². The van der Waals surface area contributed by atoms with Gasteiger partial charge in [-0.05, 0) is 56.6 Å². The van der Waals surface area contributed by atoms with E-state index in [1.807, 2.05) is 6.20 Å². The Balaban J connectivity index is 1.23. The summed E-state index contributed by atoms with van der Waals surface area (Å²) in [5.41, 5.74) is 9.07.